The van der Waals surface area contributed by atoms with Gasteiger partial charge in [0.2, 0.25) is 5.43 Å². The van der Waals surface area contributed by atoms with Crippen molar-refractivity contribution in [1.29, 1.82) is 0 Å². The summed E-state index contributed by atoms with van der Waals surface area (Å²) in [7, 11) is 1.21. The summed E-state index contributed by atoms with van der Waals surface area (Å²) in [6.45, 7) is 0. The number of hydrogen-bond donors (Lipinski definition) is 3. The molecule has 0 saturated heterocycles. The van der Waals surface area contributed by atoms with Crippen molar-refractivity contribution in [1.82, 2.24) is 30.6 Å². The van der Waals surface area contributed by atoms with Gasteiger partial charge in [-0.2, -0.15) is 44.6 Å². The predicted molar refractivity (Wildman–Crippen MR) is 197 cm³/mol. The Morgan fingerprint density at radius 1 is 0.617 bits per heavy atom. The third-order valence-electron chi connectivity index (χ3n) is 6.79. The Morgan fingerprint density at radius 3 is 1.42 bits per heavy atom. The molecule has 0 unspecified atom stereocenters. The molecule has 6 N–H and O–H groups in total. The fourth-order valence-corrected chi connectivity index (χ4v) is 4.44. The van der Waals surface area contributed by atoms with Crippen molar-refractivity contribution in [3.05, 3.63) is 141 Å². The number of halogens is 10. The molecular weight excluding hydrogens is 901 g/mol. The van der Waals surface area contributed by atoms with Gasteiger partial charge in [-0.3, -0.25) is 9.89 Å². The molecule has 0 atom stereocenters. The molecular formula is C35H30BBrF9N6NaO7. The van der Waals surface area contributed by atoms with Crippen molar-refractivity contribution < 1.29 is 99.5 Å². The number of ether oxygens (including phenoxy) is 2. The van der Waals surface area contributed by atoms with E-state index in [9.17, 15) is 44.3 Å². The summed E-state index contributed by atoms with van der Waals surface area (Å²) in [5.74, 6) is 0.0471. The third-order valence-corrected chi connectivity index (χ3v) is 7.34. The Balaban J connectivity index is 0.000000781. The van der Waals surface area contributed by atoms with Crippen LogP contribution in [0.5, 0.6) is 11.5 Å². The molecule has 6 rings (SSSR count). The average Bonchev–Trinajstić information content (AvgIpc) is 3.18. The summed E-state index contributed by atoms with van der Waals surface area (Å²) in [6, 6.07) is 27.8. The van der Waals surface area contributed by atoms with Crippen LogP contribution in [0.15, 0.2) is 119 Å². The van der Waals surface area contributed by atoms with E-state index in [1.165, 1.54) is 14.2 Å². The van der Waals surface area contributed by atoms with Crippen LogP contribution in [0.3, 0.4) is 0 Å². The smallest absolute Gasteiger partial charge is 0.870 e. The van der Waals surface area contributed by atoms with E-state index in [4.69, 9.17) is 14.8 Å². The number of alkyl halides is 9. The minimum absolute atomic E-state index is 0. The Kier molecular flexibility index (Phi) is 22.9. The van der Waals surface area contributed by atoms with Gasteiger partial charge in [0.1, 0.15) is 22.8 Å². The molecule has 0 aliphatic rings. The van der Waals surface area contributed by atoms with E-state index in [0.717, 1.165) is 12.1 Å². The van der Waals surface area contributed by atoms with Crippen LogP contribution in [0.2, 0.25) is 0 Å². The van der Waals surface area contributed by atoms with E-state index in [1.807, 2.05) is 11.2 Å². The van der Waals surface area contributed by atoms with Crippen LogP contribution < -0.4 is 49.9 Å². The molecule has 0 spiro atoms. The van der Waals surface area contributed by atoms with E-state index in [-0.39, 0.29) is 68.0 Å². The van der Waals surface area contributed by atoms with Gasteiger partial charge in [0.25, 0.3) is 0 Å². The van der Waals surface area contributed by atoms with Crippen LogP contribution in [-0.2, 0) is 18.5 Å². The predicted octanol–water partition coefficient (Wildman–Crippen LogP) is 3.26. The van der Waals surface area contributed by atoms with Gasteiger partial charge in [0, 0.05) is 29.3 Å². The third kappa shape index (κ3) is 17.0. The first-order valence-corrected chi connectivity index (χ1v) is 16.4. The molecule has 0 fully saturated rings. The molecule has 60 heavy (non-hydrogen) atoms. The first kappa shape index (κ1) is 55.1. The number of hydrogen-bond acceptors (Lipinski definition) is 11. The van der Waals surface area contributed by atoms with Crippen LogP contribution >= 0.6 is 15.9 Å². The Bertz CT molecular complexity index is 2230. The zero-order valence-corrected chi connectivity index (χ0v) is 34.6. The molecule has 0 radical (unpaired) electrons. The van der Waals surface area contributed by atoms with Crippen LogP contribution in [0, 0.1) is 0 Å². The molecule has 25 heteroatoms. The van der Waals surface area contributed by atoms with Crippen molar-refractivity contribution >= 4 is 28.5 Å². The van der Waals surface area contributed by atoms with Crippen LogP contribution in [-0.4, -0.2) is 72.9 Å². The number of aromatic amines is 1. The molecule has 3 aromatic carbocycles. The second-order valence-electron chi connectivity index (χ2n) is 10.7. The van der Waals surface area contributed by atoms with E-state index in [2.05, 4.69) is 46.2 Å². The second-order valence-corrected chi connectivity index (χ2v) is 11.5. The molecule has 0 aliphatic heterocycles. The van der Waals surface area contributed by atoms with Crippen molar-refractivity contribution in [2.75, 3.05) is 14.2 Å². The first-order valence-electron chi connectivity index (χ1n) is 15.6. The zero-order chi connectivity index (χ0) is 42.4. The molecule has 6 aromatic rings. The van der Waals surface area contributed by atoms with Gasteiger partial charge in [-0.15, -0.1) is 20.4 Å². The second kappa shape index (κ2) is 25.0. The zero-order valence-electron chi connectivity index (χ0n) is 31.1. The fourth-order valence-electron chi connectivity index (χ4n) is 4.08. The largest absolute Gasteiger partial charge is 1.00 e. The Labute approximate surface area is 364 Å². The molecule has 0 bridgehead atoms. The summed E-state index contributed by atoms with van der Waals surface area (Å²) in [5, 5.41) is 35.4. The number of methoxy groups -OCH3 is 2. The summed E-state index contributed by atoms with van der Waals surface area (Å²) in [6.07, 6.45) is -13.6. The minimum atomic E-state index is -4.60. The van der Waals surface area contributed by atoms with Crippen molar-refractivity contribution in [2.24, 2.45) is 0 Å². The minimum Gasteiger partial charge on any atom is -0.870 e. The standard InChI is InChI=1S/C12H9F3N2O.C11H7F3N2O.C6H7BO2.C6H4BrF3N2O.Na.2H2O/c1-18-9-7-10(12(13,14)15)16-17-11(9)8-5-3-2-4-6-8;12-11(13,14)9-6-8(17)10(16-15-9)7-4-2-1-3-5-7;8-7(9)6-4-2-1-3-5-6;1-13-3-2-4(6(8,9)10)11-12-5(3)7;;;/h2-7H,1H3;1-6H,(H,15,17);1-5,8-9H;2H,1H3;;2*1H2/q;;;;+1;;/p-1. The molecule has 316 valence electrons. The molecule has 3 aromatic heterocycles. The number of aromatic nitrogens is 6. The van der Waals surface area contributed by atoms with Crippen LogP contribution in [0.1, 0.15) is 17.1 Å². The summed E-state index contributed by atoms with van der Waals surface area (Å²) in [4.78, 5) is 11.5. The number of benzene rings is 3. The maximum atomic E-state index is 12.5. The molecule has 0 aliphatic carbocycles. The maximum Gasteiger partial charge on any atom is 1.00 e. The van der Waals surface area contributed by atoms with Gasteiger partial charge >= 0.3 is 55.2 Å². The van der Waals surface area contributed by atoms with E-state index in [0.29, 0.717) is 22.7 Å². The monoisotopic (exact) mass is 930 g/mol. The summed E-state index contributed by atoms with van der Waals surface area (Å²) in [5.41, 5.74) is -2.16. The van der Waals surface area contributed by atoms with E-state index in [1.54, 1.807) is 84.9 Å². The van der Waals surface area contributed by atoms with Gasteiger partial charge in [-0.1, -0.05) is 91.0 Å². The first-order chi connectivity index (χ1) is 26.8. The quantitative estimate of drug-likeness (QED) is 0.168. The van der Waals surface area contributed by atoms with Crippen molar-refractivity contribution in [3.8, 4) is 34.0 Å². The Morgan fingerprint density at radius 2 is 1.03 bits per heavy atom. The number of nitrogens with zero attached hydrogens (tertiary/aromatic N) is 5. The summed E-state index contributed by atoms with van der Waals surface area (Å²) < 4.78 is 120. The van der Waals surface area contributed by atoms with Crippen molar-refractivity contribution in [2.45, 2.75) is 18.5 Å². The summed E-state index contributed by atoms with van der Waals surface area (Å²) >= 11 is 2.89. The van der Waals surface area contributed by atoms with Gasteiger partial charge < -0.3 is 30.5 Å². The van der Waals surface area contributed by atoms with E-state index >= 15 is 0 Å². The number of rotatable bonds is 5. The Hall–Kier alpha value is -4.95. The topological polar surface area (TPSA) is 218 Å². The van der Waals surface area contributed by atoms with Gasteiger partial charge in [0.05, 0.1) is 14.2 Å². The van der Waals surface area contributed by atoms with Crippen LogP contribution in [0.25, 0.3) is 22.5 Å². The van der Waals surface area contributed by atoms with Crippen molar-refractivity contribution in [3.63, 3.8) is 0 Å². The maximum absolute atomic E-state index is 12.5. The van der Waals surface area contributed by atoms with Gasteiger partial charge in [-0.05, 0) is 21.4 Å². The molecule has 0 amide bonds. The molecule has 13 nitrogen and oxygen atoms in total. The van der Waals surface area contributed by atoms with Gasteiger partial charge in [-0.25, -0.2) is 0 Å². The fraction of sp³-hybridized carbons (Fsp3) is 0.143. The number of nitrogens with one attached hydrogen (secondary N) is 1. The normalized spacial score (nSPS) is 10.5. The molecule has 0 saturated carbocycles. The SMILES string of the molecule is COc1cc(C(F)(F)F)nnc1-c1ccccc1.COc1cc(C(F)(F)F)nnc1Br.O.O=c1cc(C(F)(F)F)[nH]nc1-c1ccccc1.OB(O)c1ccccc1.[Na+].[OH-]. The van der Waals surface area contributed by atoms with Crippen LogP contribution in [0.4, 0.5) is 39.5 Å². The average molecular weight is 931 g/mol. The number of H-pyrrole nitrogens is 1. The van der Waals surface area contributed by atoms with E-state index < -0.39 is 48.2 Å². The van der Waals surface area contributed by atoms with Gasteiger partial charge in [0.15, 0.2) is 21.7 Å². The molecule has 3 heterocycles.